The van der Waals surface area contributed by atoms with Gasteiger partial charge in [-0.25, -0.2) is 0 Å². The van der Waals surface area contributed by atoms with Gasteiger partial charge in [-0.2, -0.15) is 0 Å². The molecule has 1 rings (SSSR count). The Morgan fingerprint density at radius 3 is 2.52 bits per heavy atom. The first kappa shape index (κ1) is 18.0. The largest absolute Gasteiger partial charge is 0.512 e. The van der Waals surface area contributed by atoms with Gasteiger partial charge in [0.15, 0.2) is 0 Å². The lowest BCUT2D eigenvalue weighted by Crippen LogP contribution is -2.23. The molecule has 1 aliphatic carbocycles. The van der Waals surface area contributed by atoms with Gasteiger partial charge in [0.05, 0.1) is 18.3 Å². The molecule has 0 aromatic rings. The quantitative estimate of drug-likeness (QED) is 0.594. The number of hydrogen-bond donors (Lipinski definition) is 3. The molecule has 0 aliphatic heterocycles. The fraction of sp³-hybridized carbons (Fsp3) is 0.824. The van der Waals surface area contributed by atoms with E-state index < -0.39 is 12.1 Å². The van der Waals surface area contributed by atoms with Crippen LogP contribution >= 0.6 is 0 Å². The zero-order valence-electron chi connectivity index (χ0n) is 13.5. The van der Waals surface area contributed by atoms with Crippen molar-refractivity contribution < 1.29 is 20.1 Å². The van der Waals surface area contributed by atoms with E-state index in [1.165, 1.54) is 6.42 Å². The van der Waals surface area contributed by atoms with E-state index in [1.807, 2.05) is 6.08 Å². The van der Waals surface area contributed by atoms with E-state index >= 15 is 0 Å². The van der Waals surface area contributed by atoms with Crippen molar-refractivity contribution in [1.29, 1.82) is 0 Å². The molecule has 4 heteroatoms. The summed E-state index contributed by atoms with van der Waals surface area (Å²) in [5.41, 5.74) is 0.142. The smallest absolute Gasteiger partial charge is 0.303 e. The predicted octanol–water partition coefficient (Wildman–Crippen LogP) is 3.90. The molecule has 1 aliphatic rings. The van der Waals surface area contributed by atoms with Gasteiger partial charge in [-0.05, 0) is 37.2 Å². The Morgan fingerprint density at radius 2 is 1.95 bits per heavy atom. The van der Waals surface area contributed by atoms with Crippen LogP contribution in [0.4, 0.5) is 0 Å². The third kappa shape index (κ3) is 5.70. The minimum absolute atomic E-state index is 0.0804. The summed E-state index contributed by atoms with van der Waals surface area (Å²) in [6.07, 6.45) is 6.60. The first-order valence-electron chi connectivity index (χ1n) is 8.05. The Balaban J connectivity index is 2.65. The van der Waals surface area contributed by atoms with Gasteiger partial charge in [-0.1, -0.05) is 33.6 Å². The zero-order chi connectivity index (χ0) is 16.0. The van der Waals surface area contributed by atoms with Crippen LogP contribution in [0.3, 0.4) is 0 Å². The van der Waals surface area contributed by atoms with E-state index in [4.69, 9.17) is 5.11 Å². The highest BCUT2D eigenvalue weighted by Gasteiger charge is 2.38. The lowest BCUT2D eigenvalue weighted by Gasteiger charge is -2.24. The number of carboxylic acid groups (broad SMARTS) is 1. The minimum atomic E-state index is -0.915. The summed E-state index contributed by atoms with van der Waals surface area (Å²) in [6.45, 7) is 6.54. The van der Waals surface area contributed by atoms with Crippen molar-refractivity contribution in [2.45, 2.75) is 71.8 Å². The Bertz CT molecular complexity index is 373. The van der Waals surface area contributed by atoms with Gasteiger partial charge in [0.2, 0.25) is 0 Å². The van der Waals surface area contributed by atoms with Crippen LogP contribution in [0.15, 0.2) is 11.8 Å². The van der Waals surface area contributed by atoms with Crippen LogP contribution in [-0.2, 0) is 4.79 Å². The molecule has 0 bridgehead atoms. The number of rotatable bonds is 8. The van der Waals surface area contributed by atoms with Crippen LogP contribution in [0.25, 0.3) is 0 Å². The maximum absolute atomic E-state index is 10.9. The van der Waals surface area contributed by atoms with E-state index in [0.29, 0.717) is 12.8 Å². The Morgan fingerprint density at radius 1 is 1.29 bits per heavy atom. The first-order chi connectivity index (χ1) is 9.76. The maximum Gasteiger partial charge on any atom is 0.303 e. The Hall–Kier alpha value is -1.03. The molecule has 3 atom stereocenters. The van der Waals surface area contributed by atoms with Gasteiger partial charge in [0.1, 0.15) is 0 Å². The molecule has 0 amide bonds. The van der Waals surface area contributed by atoms with Crippen molar-refractivity contribution in [3.63, 3.8) is 0 Å². The van der Waals surface area contributed by atoms with Gasteiger partial charge in [0, 0.05) is 11.8 Å². The van der Waals surface area contributed by atoms with E-state index in [1.54, 1.807) is 0 Å². The summed E-state index contributed by atoms with van der Waals surface area (Å²) in [4.78, 5) is 10.9. The molecule has 21 heavy (non-hydrogen) atoms. The number of carboxylic acids is 1. The fourth-order valence-electron chi connectivity index (χ4n) is 3.18. The highest BCUT2D eigenvalue weighted by Crippen LogP contribution is 2.39. The van der Waals surface area contributed by atoms with E-state index in [-0.39, 0.29) is 29.4 Å². The molecule has 0 spiro atoms. The average molecular weight is 298 g/mol. The normalized spacial score (nSPS) is 27.0. The molecule has 4 nitrogen and oxygen atoms in total. The van der Waals surface area contributed by atoms with Gasteiger partial charge in [-0.15, -0.1) is 0 Å². The summed E-state index contributed by atoms with van der Waals surface area (Å²) in [6, 6.07) is 0. The van der Waals surface area contributed by atoms with Gasteiger partial charge < -0.3 is 15.3 Å². The maximum atomic E-state index is 10.9. The van der Waals surface area contributed by atoms with Crippen molar-refractivity contribution in [3.8, 4) is 0 Å². The molecular weight excluding hydrogens is 268 g/mol. The van der Waals surface area contributed by atoms with Crippen LogP contribution in [0.2, 0.25) is 0 Å². The van der Waals surface area contributed by atoms with E-state index in [0.717, 1.165) is 19.3 Å². The lowest BCUT2D eigenvalue weighted by atomic mass is 9.82. The summed E-state index contributed by atoms with van der Waals surface area (Å²) in [5.74, 6) is -1.22. The topological polar surface area (TPSA) is 77.8 Å². The summed E-state index contributed by atoms with van der Waals surface area (Å²) in [5, 5.41) is 29.1. The Labute approximate surface area is 127 Å². The van der Waals surface area contributed by atoms with Crippen molar-refractivity contribution in [2.75, 3.05) is 0 Å². The monoisotopic (exact) mass is 298 g/mol. The molecule has 1 saturated carbocycles. The van der Waals surface area contributed by atoms with Crippen LogP contribution in [0.5, 0.6) is 0 Å². The third-order valence-corrected chi connectivity index (χ3v) is 4.65. The number of hydrogen-bond acceptors (Lipinski definition) is 3. The summed E-state index contributed by atoms with van der Waals surface area (Å²) < 4.78 is 0. The number of allylic oxidation sites excluding steroid dienone is 2. The highest BCUT2D eigenvalue weighted by atomic mass is 16.4. The minimum Gasteiger partial charge on any atom is -0.512 e. The molecular formula is C17H30O4. The van der Waals surface area contributed by atoms with Crippen molar-refractivity contribution in [2.24, 2.45) is 17.3 Å². The van der Waals surface area contributed by atoms with Crippen LogP contribution in [0.1, 0.15) is 65.7 Å². The highest BCUT2D eigenvalue weighted by molar-refractivity contribution is 5.67. The molecule has 0 unspecified atom stereocenters. The molecule has 0 aromatic heterocycles. The van der Waals surface area contributed by atoms with Gasteiger partial charge in [-0.3, -0.25) is 4.79 Å². The number of carbonyl (C=O) groups is 1. The van der Waals surface area contributed by atoms with Crippen molar-refractivity contribution >= 4 is 5.97 Å². The van der Waals surface area contributed by atoms with Crippen LogP contribution in [-0.4, -0.2) is 27.4 Å². The molecule has 0 saturated heterocycles. The second-order valence-electron chi connectivity index (χ2n) is 7.11. The van der Waals surface area contributed by atoms with Crippen molar-refractivity contribution in [1.82, 2.24) is 0 Å². The van der Waals surface area contributed by atoms with E-state index in [2.05, 4.69) is 20.8 Å². The van der Waals surface area contributed by atoms with E-state index in [9.17, 15) is 15.0 Å². The molecule has 0 heterocycles. The molecule has 1 fully saturated rings. The molecule has 122 valence electrons. The summed E-state index contributed by atoms with van der Waals surface area (Å²) in [7, 11) is 0. The van der Waals surface area contributed by atoms with Crippen molar-refractivity contribution in [3.05, 3.63) is 11.8 Å². The molecule has 3 N–H and O–H groups in total. The number of aliphatic hydroxyl groups is 2. The van der Waals surface area contributed by atoms with Crippen LogP contribution in [0, 0.1) is 17.3 Å². The standard InChI is InChI=1S/C17H30O4/c1-4-5-9-17(2,3)10-8-15(19)12-6-7-14(18)13(12)11-16(20)21/h8,12-14,18-19H,4-7,9-11H2,1-3H3,(H,20,21)/t12-,13+,14-/m0/s1. The Kier molecular flexibility index (Phi) is 6.72. The van der Waals surface area contributed by atoms with Crippen LogP contribution < -0.4 is 0 Å². The second-order valence-corrected chi connectivity index (χ2v) is 7.11. The van der Waals surface area contributed by atoms with Gasteiger partial charge in [0.25, 0.3) is 0 Å². The summed E-state index contributed by atoms with van der Waals surface area (Å²) >= 11 is 0. The lowest BCUT2D eigenvalue weighted by molar-refractivity contribution is -0.139. The first-order valence-corrected chi connectivity index (χ1v) is 8.05. The molecule has 0 radical (unpaired) electrons. The van der Waals surface area contributed by atoms with Gasteiger partial charge >= 0.3 is 5.97 Å². The number of aliphatic hydroxyl groups excluding tert-OH is 2. The fourth-order valence-corrected chi connectivity index (χ4v) is 3.18. The third-order valence-electron chi connectivity index (χ3n) is 4.65. The zero-order valence-corrected chi connectivity index (χ0v) is 13.5. The SMILES string of the molecule is CCCCC(C)(C)CC=C(O)[C@H]1CC[C@H](O)[C@@H]1CC(=O)O. The number of aliphatic carboxylic acids is 1. The average Bonchev–Trinajstić information content (AvgIpc) is 2.75. The predicted molar refractivity (Wildman–Crippen MR) is 83.1 cm³/mol. The second kappa shape index (κ2) is 7.83. The molecule has 0 aromatic carbocycles. The number of unbranched alkanes of at least 4 members (excludes halogenated alkanes) is 1.